The Morgan fingerprint density at radius 3 is 2.44 bits per heavy atom. The van der Waals surface area contributed by atoms with Gasteiger partial charge in [-0.25, -0.2) is 9.79 Å². The van der Waals surface area contributed by atoms with Crippen LogP contribution in [0.15, 0.2) is 94.0 Å². The van der Waals surface area contributed by atoms with Crippen LogP contribution in [0.3, 0.4) is 0 Å². The standard InChI is InChI=1S/C28H24INO5S/c1-3-34-28(32)24-25(31)23(36-27(24)30-20-12-8-5-9-13-20)16-19-14-21(29)26(22(15-19)33-2)35-17-18-10-6-4-7-11-18/h4-16,31H,3,17H2,1-2H3/b23-16-,30-27?. The fraction of sp³-hybridized carbons (Fsp3) is 0.143. The minimum Gasteiger partial charge on any atom is -0.506 e. The van der Waals surface area contributed by atoms with Crippen LogP contribution in [0.1, 0.15) is 18.1 Å². The maximum absolute atomic E-state index is 12.6. The summed E-state index contributed by atoms with van der Waals surface area (Å²) < 4.78 is 17.7. The molecule has 0 unspecified atom stereocenters. The highest BCUT2D eigenvalue weighted by Crippen LogP contribution is 2.42. The Morgan fingerprint density at radius 2 is 1.78 bits per heavy atom. The van der Waals surface area contributed by atoms with Crippen LogP contribution in [0.4, 0.5) is 5.69 Å². The maximum atomic E-state index is 12.6. The fourth-order valence-electron chi connectivity index (χ4n) is 3.46. The molecule has 1 aliphatic heterocycles. The average molecular weight is 613 g/mol. The first-order chi connectivity index (χ1) is 17.5. The van der Waals surface area contributed by atoms with Crippen molar-refractivity contribution >= 4 is 57.1 Å². The van der Waals surface area contributed by atoms with Crippen molar-refractivity contribution in [2.45, 2.75) is 13.5 Å². The second-order valence-corrected chi connectivity index (χ2v) is 9.81. The molecule has 1 heterocycles. The smallest absolute Gasteiger partial charge is 0.344 e. The number of thioether (sulfide) groups is 1. The maximum Gasteiger partial charge on any atom is 0.344 e. The van der Waals surface area contributed by atoms with Gasteiger partial charge in [-0.3, -0.25) is 0 Å². The third-order valence-corrected chi connectivity index (χ3v) is 6.95. The molecule has 0 radical (unpaired) electrons. The van der Waals surface area contributed by atoms with E-state index in [4.69, 9.17) is 14.2 Å². The van der Waals surface area contributed by atoms with E-state index in [9.17, 15) is 9.90 Å². The number of halogens is 1. The van der Waals surface area contributed by atoms with E-state index in [0.29, 0.717) is 33.7 Å². The van der Waals surface area contributed by atoms with Gasteiger partial charge in [0.2, 0.25) is 0 Å². The lowest BCUT2D eigenvalue weighted by Crippen LogP contribution is -2.12. The van der Waals surface area contributed by atoms with Gasteiger partial charge in [0, 0.05) is 0 Å². The topological polar surface area (TPSA) is 77.4 Å². The van der Waals surface area contributed by atoms with Crippen molar-refractivity contribution in [2.24, 2.45) is 4.99 Å². The van der Waals surface area contributed by atoms with Crippen molar-refractivity contribution < 1.29 is 24.1 Å². The molecule has 0 aromatic heterocycles. The highest BCUT2D eigenvalue weighted by atomic mass is 127. The second kappa shape index (κ2) is 12.1. The summed E-state index contributed by atoms with van der Waals surface area (Å²) in [6.45, 7) is 2.32. The van der Waals surface area contributed by atoms with Gasteiger partial charge in [-0.2, -0.15) is 0 Å². The number of nitrogens with zero attached hydrogens (tertiary/aromatic N) is 1. The minimum absolute atomic E-state index is 0.0569. The molecule has 0 aliphatic carbocycles. The second-order valence-electron chi connectivity index (χ2n) is 7.62. The molecular formula is C28H24INO5S. The Kier molecular flexibility index (Phi) is 8.71. The summed E-state index contributed by atoms with van der Waals surface area (Å²) in [5.41, 5.74) is 2.56. The van der Waals surface area contributed by atoms with Gasteiger partial charge in [0.05, 0.1) is 27.9 Å². The molecule has 0 saturated heterocycles. The summed E-state index contributed by atoms with van der Waals surface area (Å²) in [7, 11) is 1.59. The van der Waals surface area contributed by atoms with E-state index in [1.807, 2.05) is 72.8 Å². The van der Waals surface area contributed by atoms with Crippen LogP contribution < -0.4 is 9.47 Å². The van der Waals surface area contributed by atoms with Gasteiger partial charge >= 0.3 is 5.97 Å². The van der Waals surface area contributed by atoms with Crippen LogP contribution in [0.5, 0.6) is 11.5 Å². The lowest BCUT2D eigenvalue weighted by Gasteiger charge is -2.14. The highest BCUT2D eigenvalue weighted by Gasteiger charge is 2.33. The first-order valence-corrected chi connectivity index (χ1v) is 13.1. The first-order valence-electron chi connectivity index (χ1n) is 11.2. The molecule has 0 amide bonds. The monoisotopic (exact) mass is 613 g/mol. The molecule has 0 bridgehead atoms. The summed E-state index contributed by atoms with van der Waals surface area (Å²) in [5.74, 6) is 0.435. The molecule has 8 heteroatoms. The number of carbonyl (C=O) groups is 1. The van der Waals surface area contributed by atoms with E-state index in [1.54, 1.807) is 20.1 Å². The van der Waals surface area contributed by atoms with Crippen molar-refractivity contribution in [2.75, 3.05) is 13.7 Å². The van der Waals surface area contributed by atoms with Crippen molar-refractivity contribution in [3.63, 3.8) is 0 Å². The molecule has 4 rings (SSSR count). The Balaban J connectivity index is 1.66. The predicted octanol–water partition coefficient (Wildman–Crippen LogP) is 7.07. The van der Waals surface area contributed by atoms with Gasteiger partial charge < -0.3 is 19.3 Å². The third kappa shape index (κ3) is 6.11. The van der Waals surface area contributed by atoms with Crippen LogP contribution in [-0.2, 0) is 16.1 Å². The molecule has 184 valence electrons. The number of benzene rings is 3. The number of carbonyl (C=O) groups excluding carboxylic acids is 1. The van der Waals surface area contributed by atoms with E-state index >= 15 is 0 Å². The summed E-state index contributed by atoms with van der Waals surface area (Å²) in [5, 5.41) is 11.3. The Bertz CT molecular complexity index is 1340. The molecule has 3 aromatic carbocycles. The minimum atomic E-state index is -0.614. The van der Waals surface area contributed by atoms with Crippen LogP contribution in [0.25, 0.3) is 6.08 Å². The number of hydrogen-bond acceptors (Lipinski definition) is 7. The molecule has 3 aromatic rings. The van der Waals surface area contributed by atoms with Crippen LogP contribution in [0.2, 0.25) is 0 Å². The number of rotatable bonds is 8. The highest BCUT2D eigenvalue weighted by molar-refractivity contribution is 14.1. The number of methoxy groups -OCH3 is 1. The molecule has 6 nitrogen and oxygen atoms in total. The summed E-state index contributed by atoms with van der Waals surface area (Å²) in [6.07, 6.45) is 1.79. The molecule has 1 aliphatic rings. The van der Waals surface area contributed by atoms with E-state index in [-0.39, 0.29) is 17.9 Å². The summed E-state index contributed by atoms with van der Waals surface area (Å²) in [4.78, 5) is 17.7. The number of esters is 1. The Hall–Kier alpha value is -3.24. The number of aliphatic imine (C=N–C) groups is 1. The third-order valence-electron chi connectivity index (χ3n) is 5.13. The SMILES string of the molecule is CCOC(=O)C1=C(O)/C(=C/c2cc(I)c(OCc3ccccc3)c(OC)c2)SC1=Nc1ccccc1. The van der Waals surface area contributed by atoms with E-state index in [1.165, 1.54) is 11.8 Å². The van der Waals surface area contributed by atoms with Crippen LogP contribution in [0, 0.1) is 3.57 Å². The largest absolute Gasteiger partial charge is 0.506 e. The van der Waals surface area contributed by atoms with Crippen molar-refractivity contribution in [3.8, 4) is 11.5 Å². The molecule has 1 N–H and O–H groups in total. The number of para-hydroxylation sites is 1. The van der Waals surface area contributed by atoms with Crippen molar-refractivity contribution in [1.82, 2.24) is 0 Å². The van der Waals surface area contributed by atoms with E-state index in [2.05, 4.69) is 27.6 Å². The van der Waals surface area contributed by atoms with Gasteiger partial charge in [-0.05, 0) is 71.0 Å². The summed E-state index contributed by atoms with van der Waals surface area (Å²) in [6, 6.07) is 22.9. The van der Waals surface area contributed by atoms with Gasteiger partial charge in [0.1, 0.15) is 23.0 Å². The molecule has 36 heavy (non-hydrogen) atoms. The molecule has 0 saturated carbocycles. The average Bonchev–Trinajstić information content (AvgIpc) is 3.18. The van der Waals surface area contributed by atoms with E-state index in [0.717, 1.165) is 14.7 Å². The Morgan fingerprint density at radius 1 is 1.08 bits per heavy atom. The van der Waals surface area contributed by atoms with Gasteiger partial charge in [0.15, 0.2) is 11.5 Å². The molecule has 0 fully saturated rings. The number of ether oxygens (including phenoxy) is 3. The normalized spacial score (nSPS) is 15.4. The zero-order chi connectivity index (χ0) is 25.5. The van der Waals surface area contributed by atoms with Gasteiger partial charge in [-0.15, -0.1) is 0 Å². The quantitative estimate of drug-likeness (QED) is 0.216. The van der Waals surface area contributed by atoms with Crippen LogP contribution >= 0.6 is 34.4 Å². The number of hydrogen-bond donors (Lipinski definition) is 1. The number of aliphatic hydroxyl groups is 1. The first kappa shape index (κ1) is 25.8. The van der Waals surface area contributed by atoms with Crippen LogP contribution in [-0.4, -0.2) is 29.8 Å². The number of aliphatic hydroxyl groups excluding tert-OH is 1. The zero-order valence-corrected chi connectivity index (χ0v) is 22.7. The van der Waals surface area contributed by atoms with Crippen molar-refractivity contribution in [3.05, 3.63) is 104 Å². The molecular weight excluding hydrogens is 589 g/mol. The van der Waals surface area contributed by atoms with E-state index < -0.39 is 5.97 Å². The molecule has 0 spiro atoms. The zero-order valence-electron chi connectivity index (χ0n) is 19.7. The van der Waals surface area contributed by atoms with Gasteiger partial charge in [-0.1, -0.05) is 60.3 Å². The Labute approximate surface area is 227 Å². The van der Waals surface area contributed by atoms with Crippen molar-refractivity contribution in [1.29, 1.82) is 0 Å². The molecule has 0 atom stereocenters. The fourth-order valence-corrected chi connectivity index (χ4v) is 5.27. The summed E-state index contributed by atoms with van der Waals surface area (Å²) >= 11 is 3.41. The van der Waals surface area contributed by atoms with Gasteiger partial charge in [0.25, 0.3) is 0 Å². The predicted molar refractivity (Wildman–Crippen MR) is 152 cm³/mol. The lowest BCUT2D eigenvalue weighted by atomic mass is 10.1. The lowest BCUT2D eigenvalue weighted by molar-refractivity contribution is -0.138.